The lowest BCUT2D eigenvalue weighted by molar-refractivity contribution is -0.118. The van der Waals surface area contributed by atoms with Gasteiger partial charge >= 0.3 is 5.69 Å². The van der Waals surface area contributed by atoms with Crippen LogP contribution in [0.3, 0.4) is 0 Å². The van der Waals surface area contributed by atoms with Crippen molar-refractivity contribution in [2.24, 2.45) is 0 Å². The zero-order valence-electron chi connectivity index (χ0n) is 16.0. The minimum atomic E-state index is -3.02. The number of H-pyrrole nitrogens is 1. The van der Waals surface area contributed by atoms with Crippen molar-refractivity contribution < 1.29 is 20.1 Å². The molecule has 0 amide bonds. The molecule has 2 fully saturated rings. The van der Waals surface area contributed by atoms with Crippen molar-refractivity contribution in [3.05, 3.63) is 33.1 Å². The molecule has 3 rings (SSSR count). The molecule has 2 aliphatic heterocycles. The quantitative estimate of drug-likeness (QED) is 0.506. The van der Waals surface area contributed by atoms with E-state index in [0.29, 0.717) is 0 Å². The summed E-state index contributed by atoms with van der Waals surface area (Å²) in [6.45, 7) is 11.8. The van der Waals surface area contributed by atoms with Crippen LogP contribution in [-0.2, 0) is 4.74 Å². The number of hydrogen-bond donors (Lipinski definition) is 4. The van der Waals surface area contributed by atoms with E-state index in [1.54, 1.807) is 0 Å². The summed E-state index contributed by atoms with van der Waals surface area (Å²) in [5, 5.41) is 31.3. The highest BCUT2D eigenvalue weighted by Crippen LogP contribution is 2.69. The molecule has 3 heterocycles. The molecule has 0 radical (unpaired) electrons. The van der Waals surface area contributed by atoms with Gasteiger partial charge in [-0.2, -0.15) is 0 Å². The van der Waals surface area contributed by atoms with E-state index in [9.17, 15) is 24.9 Å². The predicted molar refractivity (Wildman–Crippen MR) is 97.4 cm³/mol. The first-order chi connectivity index (χ1) is 11.7. The molecular weight excluding hydrogens is 356 g/mol. The first-order valence-corrected chi connectivity index (χ1v) is 10.8. The number of aliphatic hydroxyl groups is 3. The van der Waals surface area contributed by atoms with Gasteiger partial charge in [0.15, 0.2) is 6.23 Å². The van der Waals surface area contributed by atoms with E-state index in [-0.39, 0.29) is 0 Å². The molecule has 1 aromatic rings. The lowest BCUT2D eigenvalue weighted by Gasteiger charge is -2.70. The number of hydrogen-bond acceptors (Lipinski definition) is 6. The SMILES string of the molecule is CC(C)(C)[Si]1(C(C)(C)C)C(O)[C@H]2O[C@@H](n3ccc(=O)[nH]c3=O)[C@@H](O)[C@]21O. The Bertz CT molecular complexity index is 821. The van der Waals surface area contributed by atoms with Gasteiger partial charge in [0.05, 0.1) is 5.73 Å². The van der Waals surface area contributed by atoms with Gasteiger partial charge in [-0.05, 0) is 10.1 Å². The summed E-state index contributed by atoms with van der Waals surface area (Å²) in [7, 11) is -3.02. The number of nitrogens with zero attached hydrogens (tertiary/aromatic N) is 1. The van der Waals surface area contributed by atoms with Gasteiger partial charge in [0.25, 0.3) is 5.56 Å². The molecule has 26 heavy (non-hydrogen) atoms. The van der Waals surface area contributed by atoms with Crippen LogP contribution in [0.1, 0.15) is 47.8 Å². The second-order valence-electron chi connectivity index (χ2n) is 9.49. The molecule has 1 aromatic heterocycles. The molecule has 2 aliphatic rings. The Hall–Kier alpha value is -1.26. The Balaban J connectivity index is 2.16. The normalized spacial score (nSPS) is 36.5. The van der Waals surface area contributed by atoms with Crippen molar-refractivity contribution in [1.82, 2.24) is 9.55 Å². The second-order valence-corrected chi connectivity index (χ2v) is 15.5. The Morgan fingerprint density at radius 3 is 2.15 bits per heavy atom. The molecule has 1 unspecified atom stereocenters. The summed E-state index contributed by atoms with van der Waals surface area (Å²) in [5.41, 5.74) is -2.20. The molecule has 9 heteroatoms. The third kappa shape index (κ3) is 2.03. The van der Waals surface area contributed by atoms with Crippen LogP contribution in [0.2, 0.25) is 10.1 Å². The van der Waals surface area contributed by atoms with E-state index in [1.807, 2.05) is 41.5 Å². The van der Waals surface area contributed by atoms with Crippen LogP contribution >= 0.6 is 0 Å². The fourth-order valence-corrected chi connectivity index (χ4v) is 14.6. The van der Waals surface area contributed by atoms with Crippen molar-refractivity contribution in [3.63, 3.8) is 0 Å². The maximum atomic E-state index is 12.1. The van der Waals surface area contributed by atoms with Crippen LogP contribution in [0.25, 0.3) is 0 Å². The van der Waals surface area contributed by atoms with Crippen molar-refractivity contribution in [2.75, 3.05) is 0 Å². The lowest BCUT2D eigenvalue weighted by atomic mass is 10.1. The summed E-state index contributed by atoms with van der Waals surface area (Å²) in [5.74, 6) is 0. The number of aromatic nitrogens is 2. The van der Waals surface area contributed by atoms with Gasteiger partial charge in [-0.25, -0.2) is 4.79 Å². The molecule has 0 bridgehead atoms. The molecule has 146 valence electrons. The third-order valence-electron chi connectivity index (χ3n) is 6.29. The van der Waals surface area contributed by atoms with Gasteiger partial charge in [0, 0.05) is 12.3 Å². The Morgan fingerprint density at radius 1 is 1.15 bits per heavy atom. The fraction of sp³-hybridized carbons (Fsp3) is 0.765. The van der Waals surface area contributed by atoms with Gasteiger partial charge in [-0.1, -0.05) is 41.5 Å². The van der Waals surface area contributed by atoms with Crippen molar-refractivity contribution in [2.45, 2.75) is 81.0 Å². The van der Waals surface area contributed by atoms with E-state index < -0.39 is 58.8 Å². The lowest BCUT2D eigenvalue weighted by Crippen LogP contribution is -2.92. The van der Waals surface area contributed by atoms with Crippen LogP contribution in [0.4, 0.5) is 0 Å². The highest BCUT2D eigenvalue weighted by molar-refractivity contribution is 6.92. The second kappa shape index (κ2) is 5.38. The van der Waals surface area contributed by atoms with Crippen molar-refractivity contribution in [1.29, 1.82) is 0 Å². The highest BCUT2D eigenvalue weighted by atomic mass is 28.3. The molecule has 8 nitrogen and oxygen atoms in total. The molecule has 4 N–H and O–H groups in total. The molecule has 0 saturated carbocycles. The van der Waals surface area contributed by atoms with Crippen LogP contribution in [0.5, 0.6) is 0 Å². The Morgan fingerprint density at radius 2 is 1.69 bits per heavy atom. The topological polar surface area (TPSA) is 125 Å². The largest absolute Gasteiger partial charge is 0.394 e. The standard InChI is InChI=1S/C17H28N2O6Si/c1-15(2,3)26(16(4,5)6)13(22)11-17(26,24)10(21)12(25-11)19-8-7-9(20)18-14(19)23/h7-8,10-13,21-22,24H,1-6H3,(H,18,20,23)/t10-,11-,12-,13?,17-/m1/s1. The van der Waals surface area contributed by atoms with Crippen LogP contribution in [-0.4, -0.2) is 56.1 Å². The van der Waals surface area contributed by atoms with E-state index in [1.165, 1.54) is 6.20 Å². The van der Waals surface area contributed by atoms with Crippen molar-refractivity contribution >= 4 is 8.07 Å². The van der Waals surface area contributed by atoms with Crippen LogP contribution in [0.15, 0.2) is 21.9 Å². The Kier molecular flexibility index (Phi) is 4.04. The molecule has 0 aromatic carbocycles. The number of ether oxygens (including phenoxy) is 1. The van der Waals surface area contributed by atoms with E-state index in [2.05, 4.69) is 4.98 Å². The van der Waals surface area contributed by atoms with Gasteiger partial charge in [0.1, 0.15) is 25.5 Å². The molecule has 5 atom stereocenters. The molecule has 2 saturated heterocycles. The summed E-state index contributed by atoms with van der Waals surface area (Å²) < 4.78 is 6.82. The minimum absolute atomic E-state index is 0.439. The molecule has 0 spiro atoms. The number of aliphatic hydroxyl groups excluding tert-OH is 2. The zero-order chi connectivity index (χ0) is 19.9. The number of aromatic amines is 1. The smallest absolute Gasteiger partial charge is 0.330 e. The van der Waals surface area contributed by atoms with Gasteiger partial charge < -0.3 is 20.1 Å². The van der Waals surface area contributed by atoms with Gasteiger partial charge in [0.2, 0.25) is 0 Å². The highest BCUT2D eigenvalue weighted by Gasteiger charge is 2.86. The maximum absolute atomic E-state index is 12.1. The summed E-state index contributed by atoms with van der Waals surface area (Å²) in [6, 6.07) is 1.15. The Labute approximate surface area is 152 Å². The molecular formula is C17H28N2O6Si. The first kappa shape index (κ1) is 19.5. The number of nitrogens with one attached hydrogen (secondary N) is 1. The number of fused-ring (bicyclic) bond motifs is 1. The van der Waals surface area contributed by atoms with Gasteiger partial charge in [-0.15, -0.1) is 0 Å². The van der Waals surface area contributed by atoms with E-state index >= 15 is 0 Å². The summed E-state index contributed by atoms with van der Waals surface area (Å²) >= 11 is 0. The monoisotopic (exact) mass is 384 g/mol. The first-order valence-electron chi connectivity index (χ1n) is 8.76. The van der Waals surface area contributed by atoms with Crippen molar-refractivity contribution in [3.8, 4) is 0 Å². The fourth-order valence-electron chi connectivity index (χ4n) is 5.91. The van der Waals surface area contributed by atoms with E-state index in [0.717, 1.165) is 10.6 Å². The van der Waals surface area contributed by atoms with Gasteiger partial charge in [-0.3, -0.25) is 14.3 Å². The average molecular weight is 385 g/mol. The van der Waals surface area contributed by atoms with E-state index in [4.69, 9.17) is 4.74 Å². The summed E-state index contributed by atoms with van der Waals surface area (Å²) in [6.07, 6.45) is -2.33. The number of rotatable bonds is 1. The van der Waals surface area contributed by atoms with Crippen LogP contribution in [0, 0.1) is 0 Å². The predicted octanol–water partition coefficient (Wildman–Crippen LogP) is 0.0279. The zero-order valence-corrected chi connectivity index (χ0v) is 17.0. The van der Waals surface area contributed by atoms with Crippen LogP contribution < -0.4 is 11.2 Å². The average Bonchev–Trinajstić information content (AvgIpc) is 2.66. The maximum Gasteiger partial charge on any atom is 0.330 e. The molecule has 0 aliphatic carbocycles. The summed E-state index contributed by atoms with van der Waals surface area (Å²) in [4.78, 5) is 25.6. The third-order valence-corrected chi connectivity index (χ3v) is 14.1. The minimum Gasteiger partial charge on any atom is -0.394 e.